The van der Waals surface area contributed by atoms with Crippen molar-refractivity contribution >= 4 is 17.5 Å². The van der Waals surface area contributed by atoms with Crippen molar-refractivity contribution in [1.29, 1.82) is 0 Å². The molecule has 0 aliphatic rings. The van der Waals surface area contributed by atoms with Crippen molar-refractivity contribution < 1.29 is 9.21 Å². The van der Waals surface area contributed by atoms with Gasteiger partial charge in [0.1, 0.15) is 0 Å². The number of carbonyl (C=O) groups excluding carboxylic acids is 1. The van der Waals surface area contributed by atoms with Crippen molar-refractivity contribution in [2.75, 3.05) is 24.3 Å². The summed E-state index contributed by atoms with van der Waals surface area (Å²) in [5.41, 5.74) is 3.12. The number of nitrogens with zero attached hydrogens (tertiary/aromatic N) is 4. The lowest BCUT2D eigenvalue weighted by molar-refractivity contribution is 0.0901. The van der Waals surface area contributed by atoms with Gasteiger partial charge in [-0.25, -0.2) is 0 Å². The number of aromatic nitrogens is 3. The van der Waals surface area contributed by atoms with Gasteiger partial charge >= 0.3 is 0 Å². The van der Waals surface area contributed by atoms with E-state index in [1.165, 1.54) is 4.68 Å². The van der Waals surface area contributed by atoms with Crippen LogP contribution in [0.4, 0.5) is 11.6 Å². The molecule has 0 aliphatic carbocycles. The monoisotopic (exact) mass is 401 g/mol. The Kier molecular flexibility index (Phi) is 5.61. The lowest BCUT2D eigenvalue weighted by Gasteiger charge is -2.13. The largest absolute Gasteiger partial charge is 0.461 e. The molecule has 0 radical (unpaired) electrons. The number of benzene rings is 2. The van der Waals surface area contributed by atoms with Crippen molar-refractivity contribution in [2.45, 2.75) is 13.0 Å². The molecule has 2 heterocycles. The van der Waals surface area contributed by atoms with Crippen LogP contribution >= 0.6 is 0 Å². The van der Waals surface area contributed by atoms with Gasteiger partial charge in [0.05, 0.1) is 12.7 Å². The van der Waals surface area contributed by atoms with Crippen molar-refractivity contribution in [2.24, 2.45) is 0 Å². The van der Waals surface area contributed by atoms with Crippen LogP contribution in [0, 0.1) is 0 Å². The summed E-state index contributed by atoms with van der Waals surface area (Å²) in [5.74, 6) is 1.10. The van der Waals surface area contributed by atoms with Gasteiger partial charge in [0.2, 0.25) is 11.8 Å². The smallest absolute Gasteiger partial charge is 0.254 e. The molecule has 7 nitrogen and oxygen atoms in total. The predicted octanol–water partition coefficient (Wildman–Crippen LogP) is 4.10. The second kappa shape index (κ2) is 8.65. The van der Waals surface area contributed by atoms with Crippen molar-refractivity contribution in [3.63, 3.8) is 0 Å². The van der Waals surface area contributed by atoms with E-state index in [0.717, 1.165) is 16.8 Å². The minimum Gasteiger partial charge on any atom is -0.461 e. The molecule has 7 heteroatoms. The number of anilines is 2. The van der Waals surface area contributed by atoms with Crippen LogP contribution in [0.1, 0.15) is 15.9 Å². The Morgan fingerprint density at radius 3 is 2.43 bits per heavy atom. The molecule has 30 heavy (non-hydrogen) atoms. The molecule has 0 bridgehead atoms. The quantitative estimate of drug-likeness (QED) is 0.502. The van der Waals surface area contributed by atoms with E-state index in [4.69, 9.17) is 4.42 Å². The topological polar surface area (TPSA) is 76.2 Å². The molecule has 0 spiro atoms. The molecule has 4 aromatic rings. The minimum atomic E-state index is -0.169. The van der Waals surface area contributed by atoms with Crippen LogP contribution in [0.25, 0.3) is 11.6 Å². The van der Waals surface area contributed by atoms with Gasteiger partial charge in [-0.2, -0.15) is 9.67 Å². The lowest BCUT2D eigenvalue weighted by atomic mass is 10.1. The molecule has 0 amide bonds. The van der Waals surface area contributed by atoms with Gasteiger partial charge in [-0.15, -0.1) is 5.10 Å². The molecule has 4 rings (SSSR count). The zero-order valence-electron chi connectivity index (χ0n) is 16.9. The van der Waals surface area contributed by atoms with Crippen molar-refractivity contribution in [3.05, 3.63) is 84.1 Å². The van der Waals surface area contributed by atoms with E-state index >= 15 is 0 Å². The number of furan rings is 1. The summed E-state index contributed by atoms with van der Waals surface area (Å²) in [6.07, 6.45) is 1.79. The molecule has 0 saturated heterocycles. The van der Waals surface area contributed by atoms with Crippen LogP contribution in [0.3, 0.4) is 0 Å². The molecular weight excluding hydrogens is 378 g/mol. The molecule has 0 atom stereocenters. The van der Waals surface area contributed by atoms with Crippen LogP contribution in [0.15, 0.2) is 77.4 Å². The number of rotatable bonds is 7. The van der Waals surface area contributed by atoms with E-state index in [1.54, 1.807) is 18.4 Å². The Bertz CT molecular complexity index is 1100. The minimum absolute atomic E-state index is 0.169. The molecule has 2 aromatic heterocycles. The highest BCUT2D eigenvalue weighted by molar-refractivity contribution is 5.83. The molecule has 1 N–H and O–H groups in total. The maximum atomic E-state index is 12.9. The zero-order chi connectivity index (χ0) is 20.9. The fourth-order valence-corrected chi connectivity index (χ4v) is 3.05. The fourth-order valence-electron chi connectivity index (χ4n) is 3.05. The summed E-state index contributed by atoms with van der Waals surface area (Å²) in [6, 6.07) is 21.3. The fraction of sp³-hybridized carbons (Fsp3) is 0.174. The van der Waals surface area contributed by atoms with E-state index in [0.29, 0.717) is 24.1 Å². The third kappa shape index (κ3) is 4.41. The van der Waals surface area contributed by atoms with E-state index in [9.17, 15) is 4.79 Å². The highest BCUT2D eigenvalue weighted by Crippen LogP contribution is 2.20. The summed E-state index contributed by atoms with van der Waals surface area (Å²) in [7, 11) is 4.01. The molecule has 152 valence electrons. The molecule has 0 saturated carbocycles. The number of hydrogen-bond acceptors (Lipinski definition) is 6. The van der Waals surface area contributed by atoms with Crippen LogP contribution in [-0.4, -0.2) is 34.8 Å². The van der Waals surface area contributed by atoms with Crippen LogP contribution in [-0.2, 0) is 13.0 Å². The molecule has 0 unspecified atom stereocenters. The van der Waals surface area contributed by atoms with Gasteiger partial charge in [-0.1, -0.05) is 42.5 Å². The van der Waals surface area contributed by atoms with E-state index in [2.05, 4.69) is 27.5 Å². The Balaban J connectivity index is 1.56. The van der Waals surface area contributed by atoms with Crippen molar-refractivity contribution in [1.82, 2.24) is 14.8 Å². The molecular formula is C23H23N5O2. The molecule has 0 fully saturated rings. The van der Waals surface area contributed by atoms with Crippen LogP contribution in [0.5, 0.6) is 0 Å². The van der Waals surface area contributed by atoms with Gasteiger partial charge in [0.15, 0.2) is 5.76 Å². The maximum Gasteiger partial charge on any atom is 0.254 e. The highest BCUT2D eigenvalue weighted by atomic mass is 16.3. The van der Waals surface area contributed by atoms with Gasteiger partial charge in [0, 0.05) is 26.3 Å². The summed E-state index contributed by atoms with van der Waals surface area (Å²) in [6.45, 7) is 0.516. The summed E-state index contributed by atoms with van der Waals surface area (Å²) >= 11 is 0. The van der Waals surface area contributed by atoms with Crippen LogP contribution in [0.2, 0.25) is 0 Å². The van der Waals surface area contributed by atoms with Gasteiger partial charge < -0.3 is 14.6 Å². The third-order valence-electron chi connectivity index (χ3n) is 4.69. The first-order valence-corrected chi connectivity index (χ1v) is 9.68. The average molecular weight is 401 g/mol. The number of nitrogens with one attached hydrogen (secondary N) is 1. The number of hydrogen-bond donors (Lipinski definition) is 1. The predicted molar refractivity (Wildman–Crippen MR) is 117 cm³/mol. The molecule has 2 aromatic carbocycles. The van der Waals surface area contributed by atoms with Crippen molar-refractivity contribution in [3.8, 4) is 11.6 Å². The second-order valence-corrected chi connectivity index (χ2v) is 7.12. The highest BCUT2D eigenvalue weighted by Gasteiger charge is 2.19. The third-order valence-corrected chi connectivity index (χ3v) is 4.69. The van der Waals surface area contributed by atoms with E-state index in [-0.39, 0.29) is 12.3 Å². The van der Waals surface area contributed by atoms with Crippen LogP contribution < -0.4 is 10.2 Å². The van der Waals surface area contributed by atoms with Gasteiger partial charge in [-0.05, 0) is 35.4 Å². The summed E-state index contributed by atoms with van der Waals surface area (Å²) in [5, 5.41) is 7.63. The summed E-state index contributed by atoms with van der Waals surface area (Å²) in [4.78, 5) is 19.5. The zero-order valence-corrected chi connectivity index (χ0v) is 16.9. The average Bonchev–Trinajstić information content (AvgIpc) is 3.43. The SMILES string of the molecule is CN(C)c1ccc(CNc2nc(-c3ccco3)nn2C(=O)Cc2ccccc2)cc1. The standard InChI is InChI=1S/C23H23N5O2/c1-27(2)19-12-10-18(11-13-19)16-24-23-25-22(20-9-6-14-30-20)26-28(23)21(29)15-17-7-4-3-5-8-17/h3-14H,15-16H2,1-2H3,(H,24,25,26). The first kappa shape index (κ1) is 19.4. The van der Waals surface area contributed by atoms with Gasteiger partial charge in [0.25, 0.3) is 5.91 Å². The first-order chi connectivity index (χ1) is 14.6. The Labute approximate surface area is 175 Å². The van der Waals surface area contributed by atoms with E-state index < -0.39 is 0 Å². The first-order valence-electron chi connectivity index (χ1n) is 9.68. The maximum absolute atomic E-state index is 12.9. The normalized spacial score (nSPS) is 10.7. The Morgan fingerprint density at radius 2 is 1.77 bits per heavy atom. The molecule has 0 aliphatic heterocycles. The summed E-state index contributed by atoms with van der Waals surface area (Å²) < 4.78 is 6.72. The van der Waals surface area contributed by atoms with Gasteiger partial charge in [-0.3, -0.25) is 4.79 Å². The van der Waals surface area contributed by atoms with E-state index in [1.807, 2.05) is 61.5 Å². The lowest BCUT2D eigenvalue weighted by Crippen LogP contribution is -2.18. The second-order valence-electron chi connectivity index (χ2n) is 7.12. The Morgan fingerprint density at radius 1 is 1.00 bits per heavy atom. The Hall–Kier alpha value is -3.87. The number of carbonyl (C=O) groups is 1.